The van der Waals surface area contributed by atoms with Crippen LogP contribution in [-0.4, -0.2) is 46.0 Å². The maximum atomic E-state index is 8.92. The molecule has 0 aliphatic carbocycles. The zero-order valence-corrected chi connectivity index (χ0v) is 9.14. The molecule has 90 valence electrons. The lowest BCUT2D eigenvalue weighted by molar-refractivity contribution is 0.203. The maximum Gasteiger partial charge on any atom is 0.223 e. The van der Waals surface area contributed by atoms with Crippen LogP contribution in [0.3, 0.4) is 0 Å². The number of aliphatic hydroxyl groups excluding tert-OH is 2. The fraction of sp³-hybridized carbons (Fsp3) is 0.556. The molecule has 0 atom stereocenters. The van der Waals surface area contributed by atoms with E-state index in [1.165, 1.54) is 0 Å². The molecular formula is C9H17N5O2. The van der Waals surface area contributed by atoms with Crippen LogP contribution in [0, 0.1) is 0 Å². The van der Waals surface area contributed by atoms with E-state index in [4.69, 9.17) is 15.9 Å². The van der Waals surface area contributed by atoms with Crippen molar-refractivity contribution in [3.05, 3.63) is 6.07 Å². The molecule has 1 aromatic rings. The van der Waals surface area contributed by atoms with Crippen LogP contribution in [0.15, 0.2) is 6.07 Å². The van der Waals surface area contributed by atoms with Gasteiger partial charge in [0.15, 0.2) is 0 Å². The molecule has 0 amide bonds. The Hall–Kier alpha value is -1.60. The van der Waals surface area contributed by atoms with Gasteiger partial charge in [0, 0.05) is 12.6 Å². The highest BCUT2D eigenvalue weighted by atomic mass is 16.3. The third-order valence-electron chi connectivity index (χ3n) is 1.89. The van der Waals surface area contributed by atoms with E-state index in [0.29, 0.717) is 11.6 Å². The molecule has 1 aromatic heterocycles. The summed E-state index contributed by atoms with van der Waals surface area (Å²) in [5, 5.41) is 23.7. The Kier molecular flexibility index (Phi) is 4.74. The minimum absolute atomic E-state index is 0.135. The number of nitrogens with two attached hydrogens (primary N) is 1. The van der Waals surface area contributed by atoms with Gasteiger partial charge in [0.1, 0.15) is 11.6 Å². The van der Waals surface area contributed by atoms with E-state index in [1.54, 1.807) is 6.07 Å². The molecular weight excluding hydrogens is 210 g/mol. The molecule has 7 heteroatoms. The normalized spacial score (nSPS) is 10.5. The molecule has 0 radical (unpaired) electrons. The van der Waals surface area contributed by atoms with Crippen molar-refractivity contribution >= 4 is 17.6 Å². The summed E-state index contributed by atoms with van der Waals surface area (Å²) in [6.07, 6.45) is 0. The lowest BCUT2D eigenvalue weighted by Crippen LogP contribution is -2.28. The average molecular weight is 227 g/mol. The van der Waals surface area contributed by atoms with Crippen LogP contribution >= 0.6 is 0 Å². The van der Waals surface area contributed by atoms with Crippen LogP contribution in [0.1, 0.15) is 6.92 Å². The van der Waals surface area contributed by atoms with Crippen molar-refractivity contribution in [1.82, 2.24) is 9.97 Å². The summed E-state index contributed by atoms with van der Waals surface area (Å²) in [7, 11) is 0. The van der Waals surface area contributed by atoms with Gasteiger partial charge in [-0.15, -0.1) is 0 Å². The summed E-state index contributed by atoms with van der Waals surface area (Å²) in [4.78, 5) is 7.92. The monoisotopic (exact) mass is 227 g/mol. The van der Waals surface area contributed by atoms with E-state index in [1.807, 2.05) is 6.92 Å². The number of hydrogen-bond donors (Lipinski definition) is 5. The summed E-state index contributed by atoms with van der Waals surface area (Å²) >= 11 is 0. The van der Waals surface area contributed by atoms with Crippen molar-refractivity contribution < 1.29 is 10.2 Å². The Balaban J connectivity index is 2.78. The van der Waals surface area contributed by atoms with E-state index in [-0.39, 0.29) is 19.2 Å². The van der Waals surface area contributed by atoms with Gasteiger partial charge in [0.25, 0.3) is 0 Å². The Labute approximate surface area is 93.7 Å². The number of nitrogens with one attached hydrogen (secondary N) is 2. The minimum Gasteiger partial charge on any atom is -0.394 e. The Morgan fingerprint density at radius 3 is 2.50 bits per heavy atom. The molecule has 16 heavy (non-hydrogen) atoms. The third kappa shape index (κ3) is 3.52. The van der Waals surface area contributed by atoms with Crippen LogP contribution in [-0.2, 0) is 0 Å². The fourth-order valence-electron chi connectivity index (χ4n) is 1.17. The first-order valence-corrected chi connectivity index (χ1v) is 5.06. The number of rotatable bonds is 6. The first-order chi connectivity index (χ1) is 7.69. The SMILES string of the molecule is CCNc1cc(NC(CO)CO)nc(N)n1. The second-order valence-electron chi connectivity index (χ2n) is 3.23. The first kappa shape index (κ1) is 12.5. The van der Waals surface area contributed by atoms with Gasteiger partial charge in [0.05, 0.1) is 19.3 Å². The highest BCUT2D eigenvalue weighted by Crippen LogP contribution is 2.12. The summed E-state index contributed by atoms with van der Waals surface area (Å²) in [6, 6.07) is 1.21. The molecule has 7 nitrogen and oxygen atoms in total. The highest BCUT2D eigenvalue weighted by molar-refractivity contribution is 5.51. The lowest BCUT2D eigenvalue weighted by Gasteiger charge is -2.14. The predicted molar refractivity (Wildman–Crippen MR) is 62.2 cm³/mol. The lowest BCUT2D eigenvalue weighted by atomic mass is 10.3. The zero-order chi connectivity index (χ0) is 12.0. The van der Waals surface area contributed by atoms with Crippen molar-refractivity contribution in [2.24, 2.45) is 0 Å². The summed E-state index contributed by atoms with van der Waals surface area (Å²) in [5.74, 6) is 1.21. The Bertz CT molecular complexity index is 330. The van der Waals surface area contributed by atoms with Crippen molar-refractivity contribution in [2.75, 3.05) is 36.1 Å². The standard InChI is InChI=1S/C9H17N5O2/c1-2-11-7-3-8(14-9(10)13-7)12-6(4-15)5-16/h3,6,15-16H,2,4-5H2,1H3,(H4,10,11,12,13,14). The van der Waals surface area contributed by atoms with Crippen molar-refractivity contribution in [3.63, 3.8) is 0 Å². The highest BCUT2D eigenvalue weighted by Gasteiger charge is 2.08. The van der Waals surface area contributed by atoms with Gasteiger partial charge in [-0.3, -0.25) is 0 Å². The van der Waals surface area contributed by atoms with Gasteiger partial charge in [0.2, 0.25) is 5.95 Å². The van der Waals surface area contributed by atoms with Crippen molar-refractivity contribution in [3.8, 4) is 0 Å². The van der Waals surface area contributed by atoms with Crippen LogP contribution in [0.25, 0.3) is 0 Å². The Morgan fingerprint density at radius 1 is 1.31 bits per heavy atom. The molecule has 0 saturated heterocycles. The van der Waals surface area contributed by atoms with E-state index in [2.05, 4.69) is 20.6 Å². The van der Waals surface area contributed by atoms with Crippen molar-refractivity contribution in [2.45, 2.75) is 13.0 Å². The second kappa shape index (κ2) is 6.09. The molecule has 1 heterocycles. The van der Waals surface area contributed by atoms with Gasteiger partial charge >= 0.3 is 0 Å². The predicted octanol–water partition coefficient (Wildman–Crippen LogP) is -0.744. The third-order valence-corrected chi connectivity index (χ3v) is 1.89. The van der Waals surface area contributed by atoms with Gasteiger partial charge in [-0.05, 0) is 6.92 Å². The molecule has 0 fully saturated rings. The first-order valence-electron chi connectivity index (χ1n) is 5.06. The van der Waals surface area contributed by atoms with Crippen LogP contribution < -0.4 is 16.4 Å². The van der Waals surface area contributed by atoms with Crippen molar-refractivity contribution in [1.29, 1.82) is 0 Å². The molecule has 0 saturated carbocycles. The smallest absolute Gasteiger partial charge is 0.223 e. The number of aliphatic hydroxyl groups is 2. The molecule has 0 aliphatic heterocycles. The minimum atomic E-state index is -0.455. The van der Waals surface area contributed by atoms with Gasteiger partial charge < -0.3 is 26.6 Å². The number of aromatic nitrogens is 2. The summed E-state index contributed by atoms with van der Waals surface area (Å²) < 4.78 is 0. The number of nitrogens with zero attached hydrogens (tertiary/aromatic N) is 2. The fourth-order valence-corrected chi connectivity index (χ4v) is 1.17. The molecule has 0 bridgehead atoms. The van der Waals surface area contributed by atoms with Gasteiger partial charge in [-0.1, -0.05) is 0 Å². The summed E-state index contributed by atoms with van der Waals surface area (Å²) in [5.41, 5.74) is 5.52. The molecule has 1 rings (SSSR count). The van der Waals surface area contributed by atoms with E-state index in [0.717, 1.165) is 6.54 Å². The van der Waals surface area contributed by atoms with Gasteiger partial charge in [-0.25, -0.2) is 0 Å². The number of nitrogen functional groups attached to an aromatic ring is 1. The Morgan fingerprint density at radius 2 is 1.94 bits per heavy atom. The van der Waals surface area contributed by atoms with Gasteiger partial charge in [-0.2, -0.15) is 9.97 Å². The quantitative estimate of drug-likeness (QED) is 0.434. The van der Waals surface area contributed by atoms with E-state index >= 15 is 0 Å². The van der Waals surface area contributed by atoms with Crippen LogP contribution in [0.4, 0.5) is 17.6 Å². The molecule has 6 N–H and O–H groups in total. The largest absolute Gasteiger partial charge is 0.394 e. The number of hydrogen-bond acceptors (Lipinski definition) is 7. The topological polar surface area (TPSA) is 116 Å². The summed E-state index contributed by atoms with van der Waals surface area (Å²) in [6.45, 7) is 2.29. The van der Waals surface area contributed by atoms with Crippen LogP contribution in [0.5, 0.6) is 0 Å². The second-order valence-corrected chi connectivity index (χ2v) is 3.23. The molecule has 0 aromatic carbocycles. The number of anilines is 3. The van der Waals surface area contributed by atoms with E-state index < -0.39 is 6.04 Å². The molecule has 0 spiro atoms. The molecule has 0 unspecified atom stereocenters. The van der Waals surface area contributed by atoms with E-state index in [9.17, 15) is 0 Å². The average Bonchev–Trinajstić information content (AvgIpc) is 2.25. The van der Waals surface area contributed by atoms with Crippen LogP contribution in [0.2, 0.25) is 0 Å². The molecule has 0 aliphatic rings. The maximum absolute atomic E-state index is 8.92. The zero-order valence-electron chi connectivity index (χ0n) is 9.14.